The van der Waals surface area contributed by atoms with Gasteiger partial charge in [-0.05, 0) is 25.1 Å². The van der Waals surface area contributed by atoms with Crippen molar-refractivity contribution in [1.82, 2.24) is 0 Å². The second-order valence-electron chi connectivity index (χ2n) is 3.20. The molecule has 0 aliphatic heterocycles. The first-order valence-corrected chi connectivity index (χ1v) is 5.55. The Kier molecular flexibility index (Phi) is 15.3. The zero-order valence-electron chi connectivity index (χ0n) is 10.7. The summed E-state index contributed by atoms with van der Waals surface area (Å²) in [7, 11) is 0. The normalized spacial score (nSPS) is 7.80. The molecule has 0 atom stereocenters. The smallest absolute Gasteiger partial charge is 0.330 e. The van der Waals surface area contributed by atoms with Gasteiger partial charge in [-0.1, -0.05) is 29.8 Å². The van der Waals surface area contributed by atoms with Gasteiger partial charge in [0.1, 0.15) is 5.75 Å². The Morgan fingerprint density at radius 2 is 1.50 bits per heavy atom. The molecule has 1 rings (SSSR count). The fourth-order valence-corrected chi connectivity index (χ4v) is 0.890. The van der Waals surface area contributed by atoms with E-state index >= 15 is 0 Å². The molecule has 1 radical (unpaired) electrons. The van der Waals surface area contributed by atoms with Crippen LogP contribution in [0.15, 0.2) is 30.4 Å². The van der Waals surface area contributed by atoms with Crippen molar-refractivity contribution in [2.75, 3.05) is 0 Å². The SMILES string of the molecule is C=C(C)C(=O)O.CC(=O)O.Oc1ccc(Cl)cc1Cl.[Cu]. The molecular formula is C12H14Cl2CuO5. The summed E-state index contributed by atoms with van der Waals surface area (Å²) in [5, 5.41) is 25.0. The van der Waals surface area contributed by atoms with E-state index in [1.54, 1.807) is 6.07 Å². The van der Waals surface area contributed by atoms with Gasteiger partial charge >= 0.3 is 5.97 Å². The van der Waals surface area contributed by atoms with Gasteiger partial charge in [0, 0.05) is 34.6 Å². The Labute approximate surface area is 137 Å². The summed E-state index contributed by atoms with van der Waals surface area (Å²) in [6.45, 7) is 5.69. The van der Waals surface area contributed by atoms with Gasteiger partial charge in [0.15, 0.2) is 0 Å². The van der Waals surface area contributed by atoms with Gasteiger partial charge in [-0.3, -0.25) is 4.79 Å². The molecule has 0 amide bonds. The van der Waals surface area contributed by atoms with Gasteiger partial charge in [0.2, 0.25) is 0 Å². The predicted octanol–water partition coefficient (Wildman–Crippen LogP) is 3.43. The van der Waals surface area contributed by atoms with Crippen molar-refractivity contribution in [2.45, 2.75) is 13.8 Å². The topological polar surface area (TPSA) is 94.8 Å². The molecule has 0 saturated heterocycles. The zero-order chi connectivity index (χ0) is 15.6. The largest absolute Gasteiger partial charge is 0.506 e. The third-order valence-electron chi connectivity index (χ3n) is 1.27. The quantitative estimate of drug-likeness (QED) is 0.518. The van der Waals surface area contributed by atoms with Gasteiger partial charge in [0.05, 0.1) is 5.02 Å². The maximum atomic E-state index is 9.60. The van der Waals surface area contributed by atoms with E-state index in [-0.39, 0.29) is 33.4 Å². The summed E-state index contributed by atoms with van der Waals surface area (Å²) in [6.07, 6.45) is 0. The number of hydrogen-bond donors (Lipinski definition) is 3. The molecule has 0 aliphatic rings. The molecule has 0 heterocycles. The van der Waals surface area contributed by atoms with Crippen molar-refractivity contribution in [3.05, 3.63) is 40.4 Å². The number of benzene rings is 1. The average molecular weight is 373 g/mol. The first-order chi connectivity index (χ1) is 8.57. The molecule has 3 N–H and O–H groups in total. The van der Waals surface area contributed by atoms with E-state index in [2.05, 4.69) is 6.58 Å². The number of carboxylic acid groups (broad SMARTS) is 2. The van der Waals surface area contributed by atoms with E-state index in [0.29, 0.717) is 5.02 Å². The van der Waals surface area contributed by atoms with E-state index < -0.39 is 11.9 Å². The summed E-state index contributed by atoms with van der Waals surface area (Å²) in [4.78, 5) is 18.6. The summed E-state index contributed by atoms with van der Waals surface area (Å²) in [5.74, 6) is -1.71. The molecule has 8 heteroatoms. The van der Waals surface area contributed by atoms with Gasteiger partial charge in [-0.2, -0.15) is 0 Å². The average Bonchev–Trinajstić information content (AvgIpc) is 2.24. The number of carbonyl (C=O) groups is 2. The maximum absolute atomic E-state index is 9.60. The van der Waals surface area contributed by atoms with Crippen molar-refractivity contribution >= 4 is 35.1 Å². The van der Waals surface area contributed by atoms with Crippen molar-refractivity contribution in [1.29, 1.82) is 0 Å². The first kappa shape index (κ1) is 23.9. The summed E-state index contributed by atoms with van der Waals surface area (Å²) < 4.78 is 0. The van der Waals surface area contributed by atoms with Crippen molar-refractivity contribution < 1.29 is 42.0 Å². The van der Waals surface area contributed by atoms with Crippen LogP contribution in [-0.2, 0) is 26.7 Å². The van der Waals surface area contributed by atoms with Crippen LogP contribution in [0.5, 0.6) is 5.75 Å². The van der Waals surface area contributed by atoms with E-state index in [1.807, 2.05) is 0 Å². The number of halogens is 2. The van der Waals surface area contributed by atoms with Crippen LogP contribution in [0, 0.1) is 0 Å². The molecule has 0 spiro atoms. The van der Waals surface area contributed by atoms with E-state index in [4.69, 9.17) is 43.3 Å². The molecule has 1 aromatic rings. The first-order valence-electron chi connectivity index (χ1n) is 4.80. The van der Waals surface area contributed by atoms with Crippen LogP contribution < -0.4 is 0 Å². The summed E-state index contributed by atoms with van der Waals surface area (Å²) in [5.41, 5.74) is 0.176. The standard InChI is InChI=1S/C6H4Cl2O.C4H6O2.C2H4O2.Cu/c7-4-1-2-6(9)5(8)3-4;1-3(2)4(5)6;1-2(3)4;/h1-3,9H;1H2,2H3,(H,5,6);1H3,(H,3,4);. The van der Waals surface area contributed by atoms with Crippen LogP contribution >= 0.6 is 23.2 Å². The number of aliphatic carboxylic acids is 2. The molecule has 1 aromatic carbocycles. The van der Waals surface area contributed by atoms with Crippen LogP contribution in [0.25, 0.3) is 0 Å². The number of rotatable bonds is 1. The number of phenols is 1. The molecular weight excluding hydrogens is 359 g/mol. The second kappa shape index (κ2) is 12.8. The number of phenolic OH excluding ortho intramolecular Hbond substituents is 1. The Morgan fingerprint density at radius 1 is 1.15 bits per heavy atom. The number of carboxylic acids is 2. The molecule has 0 aromatic heterocycles. The Hall–Kier alpha value is -1.20. The minimum atomic E-state index is -0.935. The maximum Gasteiger partial charge on any atom is 0.330 e. The monoisotopic (exact) mass is 371 g/mol. The van der Waals surface area contributed by atoms with Crippen molar-refractivity contribution in [3.63, 3.8) is 0 Å². The molecule has 0 fully saturated rings. The number of hydrogen-bond acceptors (Lipinski definition) is 3. The second-order valence-corrected chi connectivity index (χ2v) is 4.04. The van der Waals surface area contributed by atoms with Crippen LogP contribution in [-0.4, -0.2) is 27.3 Å². The molecule has 5 nitrogen and oxygen atoms in total. The molecule has 0 saturated carbocycles. The van der Waals surface area contributed by atoms with E-state index in [9.17, 15) is 4.79 Å². The predicted molar refractivity (Wildman–Crippen MR) is 73.9 cm³/mol. The van der Waals surface area contributed by atoms with Crippen LogP contribution in [0.4, 0.5) is 0 Å². The third-order valence-corrected chi connectivity index (χ3v) is 1.81. The fourth-order valence-electron chi connectivity index (χ4n) is 0.481. The zero-order valence-corrected chi connectivity index (χ0v) is 13.1. The fraction of sp³-hybridized carbons (Fsp3) is 0.167. The van der Waals surface area contributed by atoms with Crippen LogP contribution in [0.1, 0.15) is 13.8 Å². The Morgan fingerprint density at radius 3 is 1.70 bits per heavy atom. The Bertz CT molecular complexity index is 447. The molecule has 0 aliphatic carbocycles. The van der Waals surface area contributed by atoms with Crippen LogP contribution in [0.3, 0.4) is 0 Å². The van der Waals surface area contributed by atoms with E-state index in [0.717, 1.165) is 6.92 Å². The van der Waals surface area contributed by atoms with E-state index in [1.165, 1.54) is 19.1 Å². The molecule has 0 unspecified atom stereocenters. The van der Waals surface area contributed by atoms with Crippen molar-refractivity contribution in [2.24, 2.45) is 0 Å². The molecule has 117 valence electrons. The van der Waals surface area contributed by atoms with Crippen LogP contribution in [0.2, 0.25) is 10.0 Å². The van der Waals surface area contributed by atoms with Crippen molar-refractivity contribution in [3.8, 4) is 5.75 Å². The summed E-state index contributed by atoms with van der Waals surface area (Å²) in [6, 6.07) is 4.51. The van der Waals surface area contributed by atoms with Gasteiger partial charge in [-0.25, -0.2) is 4.79 Å². The molecule has 0 bridgehead atoms. The summed E-state index contributed by atoms with van der Waals surface area (Å²) >= 11 is 11.0. The number of aromatic hydroxyl groups is 1. The Balaban J connectivity index is -0.000000232. The van der Waals surface area contributed by atoms with Gasteiger partial charge in [0.25, 0.3) is 5.97 Å². The van der Waals surface area contributed by atoms with Gasteiger partial charge < -0.3 is 15.3 Å². The minimum absolute atomic E-state index is 0. The third kappa shape index (κ3) is 16.8. The van der Waals surface area contributed by atoms with Gasteiger partial charge in [-0.15, -0.1) is 0 Å². The minimum Gasteiger partial charge on any atom is -0.506 e. The molecule has 20 heavy (non-hydrogen) atoms.